The maximum Gasteiger partial charge on any atom is 0.220 e. The van der Waals surface area contributed by atoms with Crippen molar-refractivity contribution >= 4 is 5.91 Å². The SMILES string of the molecule is NC1CCC(NC(=O)CCc2ccccn2)CC1. The van der Waals surface area contributed by atoms with Gasteiger partial charge < -0.3 is 11.1 Å². The molecule has 1 amide bonds. The summed E-state index contributed by atoms with van der Waals surface area (Å²) in [6.45, 7) is 0. The van der Waals surface area contributed by atoms with E-state index in [0.717, 1.165) is 31.4 Å². The quantitative estimate of drug-likeness (QED) is 0.845. The molecule has 3 N–H and O–H groups in total. The third-order valence-corrected chi connectivity index (χ3v) is 3.47. The highest BCUT2D eigenvalue weighted by molar-refractivity contribution is 5.76. The molecule has 98 valence electrons. The number of aryl methyl sites for hydroxylation is 1. The van der Waals surface area contributed by atoms with Gasteiger partial charge in [-0.25, -0.2) is 0 Å². The fourth-order valence-corrected chi connectivity index (χ4v) is 2.35. The van der Waals surface area contributed by atoms with Gasteiger partial charge in [-0.15, -0.1) is 0 Å². The Labute approximate surface area is 108 Å². The summed E-state index contributed by atoms with van der Waals surface area (Å²) in [7, 11) is 0. The molecule has 0 atom stereocenters. The van der Waals surface area contributed by atoms with E-state index in [1.165, 1.54) is 0 Å². The fraction of sp³-hybridized carbons (Fsp3) is 0.571. The van der Waals surface area contributed by atoms with Gasteiger partial charge in [-0.1, -0.05) is 6.07 Å². The normalized spacial score (nSPS) is 23.6. The first kappa shape index (κ1) is 13.0. The second-order valence-corrected chi connectivity index (χ2v) is 5.00. The van der Waals surface area contributed by atoms with Crippen LogP contribution in [0.2, 0.25) is 0 Å². The molecule has 2 rings (SSSR count). The molecular formula is C14H21N3O. The van der Waals surface area contributed by atoms with Crippen molar-refractivity contribution in [1.29, 1.82) is 0 Å². The number of aromatic nitrogens is 1. The molecule has 1 aromatic rings. The van der Waals surface area contributed by atoms with Crippen molar-refractivity contribution in [3.05, 3.63) is 30.1 Å². The van der Waals surface area contributed by atoms with Crippen LogP contribution in [0.15, 0.2) is 24.4 Å². The van der Waals surface area contributed by atoms with E-state index in [0.29, 0.717) is 24.9 Å². The highest BCUT2D eigenvalue weighted by Gasteiger charge is 2.19. The van der Waals surface area contributed by atoms with Gasteiger partial charge in [-0.05, 0) is 44.2 Å². The second-order valence-electron chi connectivity index (χ2n) is 5.00. The highest BCUT2D eigenvalue weighted by atomic mass is 16.1. The van der Waals surface area contributed by atoms with Gasteiger partial charge in [0.05, 0.1) is 0 Å². The van der Waals surface area contributed by atoms with Crippen LogP contribution in [-0.2, 0) is 11.2 Å². The zero-order chi connectivity index (χ0) is 12.8. The van der Waals surface area contributed by atoms with Crippen molar-refractivity contribution in [2.24, 2.45) is 5.73 Å². The van der Waals surface area contributed by atoms with Gasteiger partial charge >= 0.3 is 0 Å². The van der Waals surface area contributed by atoms with Crippen molar-refractivity contribution in [3.8, 4) is 0 Å². The number of pyridine rings is 1. The van der Waals surface area contributed by atoms with Gasteiger partial charge in [-0.3, -0.25) is 9.78 Å². The topological polar surface area (TPSA) is 68.0 Å². The third kappa shape index (κ3) is 4.11. The largest absolute Gasteiger partial charge is 0.353 e. The zero-order valence-electron chi connectivity index (χ0n) is 10.6. The van der Waals surface area contributed by atoms with Crippen molar-refractivity contribution < 1.29 is 4.79 Å². The predicted octanol–water partition coefficient (Wildman–Crippen LogP) is 1.40. The van der Waals surface area contributed by atoms with Crippen LogP contribution in [0.5, 0.6) is 0 Å². The first-order valence-electron chi connectivity index (χ1n) is 6.69. The monoisotopic (exact) mass is 247 g/mol. The Bertz CT molecular complexity index is 372. The second kappa shape index (κ2) is 6.50. The van der Waals surface area contributed by atoms with Crippen LogP contribution in [0, 0.1) is 0 Å². The van der Waals surface area contributed by atoms with Crippen LogP contribution in [-0.4, -0.2) is 23.0 Å². The van der Waals surface area contributed by atoms with Gasteiger partial charge in [-0.2, -0.15) is 0 Å². The molecule has 18 heavy (non-hydrogen) atoms. The first-order valence-corrected chi connectivity index (χ1v) is 6.69. The molecule has 0 saturated heterocycles. The Morgan fingerprint density at radius 2 is 2.11 bits per heavy atom. The molecule has 0 aliphatic heterocycles. The minimum atomic E-state index is 0.126. The molecule has 1 fully saturated rings. The molecule has 0 unspecified atom stereocenters. The summed E-state index contributed by atoms with van der Waals surface area (Å²) in [4.78, 5) is 16.0. The fourth-order valence-electron chi connectivity index (χ4n) is 2.35. The van der Waals surface area contributed by atoms with Crippen LogP contribution < -0.4 is 11.1 Å². The maximum atomic E-state index is 11.8. The van der Waals surface area contributed by atoms with Crippen LogP contribution in [0.1, 0.15) is 37.8 Å². The molecule has 1 aromatic heterocycles. The summed E-state index contributed by atoms with van der Waals surface area (Å²) in [5, 5.41) is 3.09. The van der Waals surface area contributed by atoms with Crippen molar-refractivity contribution in [2.75, 3.05) is 0 Å². The Morgan fingerprint density at radius 3 is 2.78 bits per heavy atom. The number of nitrogens with two attached hydrogens (primary N) is 1. The van der Waals surface area contributed by atoms with Gasteiger partial charge in [0, 0.05) is 30.4 Å². The Balaban J connectivity index is 1.69. The summed E-state index contributed by atoms with van der Waals surface area (Å²) in [6, 6.07) is 6.43. The van der Waals surface area contributed by atoms with Crippen LogP contribution in [0.4, 0.5) is 0 Å². The summed E-state index contributed by atoms with van der Waals surface area (Å²) >= 11 is 0. The lowest BCUT2D eigenvalue weighted by Gasteiger charge is -2.26. The minimum absolute atomic E-state index is 0.126. The molecule has 1 aliphatic carbocycles. The van der Waals surface area contributed by atoms with E-state index in [2.05, 4.69) is 10.3 Å². The Hall–Kier alpha value is -1.42. The van der Waals surface area contributed by atoms with Crippen LogP contribution >= 0.6 is 0 Å². The van der Waals surface area contributed by atoms with E-state index in [-0.39, 0.29) is 5.91 Å². The maximum absolute atomic E-state index is 11.8. The van der Waals surface area contributed by atoms with E-state index in [9.17, 15) is 4.79 Å². The molecule has 0 bridgehead atoms. The lowest BCUT2D eigenvalue weighted by atomic mass is 9.92. The van der Waals surface area contributed by atoms with Gasteiger partial charge in [0.1, 0.15) is 0 Å². The number of amides is 1. The number of carbonyl (C=O) groups is 1. The zero-order valence-corrected chi connectivity index (χ0v) is 10.6. The predicted molar refractivity (Wildman–Crippen MR) is 70.9 cm³/mol. The van der Waals surface area contributed by atoms with Crippen molar-refractivity contribution in [1.82, 2.24) is 10.3 Å². The summed E-state index contributed by atoms with van der Waals surface area (Å²) < 4.78 is 0. The molecule has 4 heteroatoms. The third-order valence-electron chi connectivity index (χ3n) is 3.47. The van der Waals surface area contributed by atoms with Crippen LogP contribution in [0.25, 0.3) is 0 Å². The van der Waals surface area contributed by atoms with E-state index >= 15 is 0 Å². The molecule has 0 spiro atoms. The molecule has 4 nitrogen and oxygen atoms in total. The van der Waals surface area contributed by atoms with E-state index in [1.807, 2.05) is 18.2 Å². The highest BCUT2D eigenvalue weighted by Crippen LogP contribution is 2.17. The van der Waals surface area contributed by atoms with Gasteiger partial charge in [0.2, 0.25) is 5.91 Å². The summed E-state index contributed by atoms with van der Waals surface area (Å²) in [5.74, 6) is 0.126. The van der Waals surface area contributed by atoms with E-state index in [4.69, 9.17) is 5.73 Å². The number of nitrogens with one attached hydrogen (secondary N) is 1. The number of hydrogen-bond donors (Lipinski definition) is 2. The first-order chi connectivity index (χ1) is 8.74. The molecule has 1 aliphatic rings. The lowest BCUT2D eigenvalue weighted by Crippen LogP contribution is -2.40. The average Bonchev–Trinajstić information content (AvgIpc) is 2.40. The molecule has 0 radical (unpaired) electrons. The Kier molecular flexibility index (Phi) is 4.70. The average molecular weight is 247 g/mol. The van der Waals surface area contributed by atoms with Crippen molar-refractivity contribution in [3.63, 3.8) is 0 Å². The van der Waals surface area contributed by atoms with Gasteiger partial charge in [0.25, 0.3) is 0 Å². The number of hydrogen-bond acceptors (Lipinski definition) is 3. The lowest BCUT2D eigenvalue weighted by molar-refractivity contribution is -0.122. The molecule has 0 aromatic carbocycles. The minimum Gasteiger partial charge on any atom is -0.353 e. The smallest absolute Gasteiger partial charge is 0.220 e. The van der Waals surface area contributed by atoms with Gasteiger partial charge in [0.15, 0.2) is 0 Å². The van der Waals surface area contributed by atoms with Crippen molar-refractivity contribution in [2.45, 2.75) is 50.6 Å². The molecule has 1 saturated carbocycles. The standard InChI is InChI=1S/C14H21N3O/c15-11-4-6-13(7-5-11)17-14(18)9-8-12-3-1-2-10-16-12/h1-3,10-11,13H,4-9,15H2,(H,17,18). The summed E-state index contributed by atoms with van der Waals surface area (Å²) in [5.41, 5.74) is 6.81. The number of carbonyl (C=O) groups excluding carboxylic acids is 1. The number of rotatable bonds is 4. The van der Waals surface area contributed by atoms with E-state index in [1.54, 1.807) is 6.20 Å². The number of nitrogens with zero attached hydrogens (tertiary/aromatic N) is 1. The Morgan fingerprint density at radius 1 is 1.33 bits per heavy atom. The summed E-state index contributed by atoms with van der Waals surface area (Å²) in [6.07, 6.45) is 7.04. The molecular weight excluding hydrogens is 226 g/mol. The van der Waals surface area contributed by atoms with E-state index < -0.39 is 0 Å². The molecule has 1 heterocycles. The van der Waals surface area contributed by atoms with Crippen LogP contribution in [0.3, 0.4) is 0 Å².